The van der Waals surface area contributed by atoms with Gasteiger partial charge in [0.05, 0.1) is 12.2 Å². The maximum atomic E-state index is 10.0. The summed E-state index contributed by atoms with van der Waals surface area (Å²) < 4.78 is 11.3. The van der Waals surface area contributed by atoms with E-state index >= 15 is 0 Å². The van der Waals surface area contributed by atoms with Gasteiger partial charge >= 0.3 is 0 Å². The smallest absolute Gasteiger partial charge is 0.113 e. The van der Waals surface area contributed by atoms with Gasteiger partial charge in [0.25, 0.3) is 0 Å². The highest BCUT2D eigenvalue weighted by atomic mass is 32.2. The van der Waals surface area contributed by atoms with Crippen molar-refractivity contribution in [2.75, 3.05) is 7.11 Å². The second-order valence-corrected chi connectivity index (χ2v) is 5.86. The Morgan fingerprint density at radius 2 is 1.89 bits per heavy atom. The fraction of sp³-hybridized carbons (Fsp3) is 0.571. The zero-order valence-electron chi connectivity index (χ0n) is 10.9. The van der Waals surface area contributed by atoms with Crippen LogP contribution in [0.15, 0.2) is 35.2 Å². The molecule has 0 spiro atoms. The molecule has 2 rings (SSSR count). The van der Waals surface area contributed by atoms with E-state index < -0.39 is 6.10 Å². The van der Waals surface area contributed by atoms with Crippen LogP contribution in [0.5, 0.6) is 0 Å². The molecule has 5 unspecified atom stereocenters. The van der Waals surface area contributed by atoms with Gasteiger partial charge in [-0.25, -0.2) is 0 Å². The maximum Gasteiger partial charge on any atom is 0.113 e. The summed E-state index contributed by atoms with van der Waals surface area (Å²) in [5.41, 5.74) is 0.00995. The number of benzene rings is 1. The average Bonchev–Trinajstić information content (AvgIpc) is 2.38. The van der Waals surface area contributed by atoms with Crippen molar-refractivity contribution in [2.24, 2.45) is 5.92 Å². The SMILES string of the molecule is COC1C(C)C(Sc2ccccc2)OC(C)C1O. The van der Waals surface area contributed by atoms with Gasteiger partial charge in [0.15, 0.2) is 0 Å². The molecule has 0 radical (unpaired) electrons. The predicted molar refractivity (Wildman–Crippen MR) is 72.6 cm³/mol. The maximum absolute atomic E-state index is 10.0. The van der Waals surface area contributed by atoms with Crippen LogP contribution in [0.1, 0.15) is 13.8 Å². The summed E-state index contributed by atoms with van der Waals surface area (Å²) in [6.07, 6.45) is -0.931. The Kier molecular flexibility index (Phi) is 4.67. The van der Waals surface area contributed by atoms with Crippen molar-refractivity contribution in [1.82, 2.24) is 0 Å². The zero-order valence-corrected chi connectivity index (χ0v) is 11.8. The highest BCUT2D eigenvalue weighted by Crippen LogP contribution is 2.37. The van der Waals surface area contributed by atoms with Crippen LogP contribution < -0.4 is 0 Å². The highest BCUT2D eigenvalue weighted by molar-refractivity contribution is 7.99. The van der Waals surface area contributed by atoms with Crippen molar-refractivity contribution in [3.05, 3.63) is 30.3 Å². The monoisotopic (exact) mass is 268 g/mol. The van der Waals surface area contributed by atoms with E-state index in [0.29, 0.717) is 0 Å². The Labute approximate surface area is 112 Å². The summed E-state index contributed by atoms with van der Waals surface area (Å²) in [6.45, 7) is 3.95. The number of methoxy groups -OCH3 is 1. The Balaban J connectivity index is 2.08. The van der Waals surface area contributed by atoms with Crippen LogP contribution in [0.3, 0.4) is 0 Å². The molecule has 18 heavy (non-hydrogen) atoms. The Morgan fingerprint density at radius 3 is 2.50 bits per heavy atom. The number of aliphatic hydroxyl groups excluding tert-OH is 1. The lowest BCUT2D eigenvalue weighted by Crippen LogP contribution is -2.52. The van der Waals surface area contributed by atoms with Crippen molar-refractivity contribution >= 4 is 11.8 Å². The van der Waals surface area contributed by atoms with Crippen LogP contribution >= 0.6 is 11.8 Å². The quantitative estimate of drug-likeness (QED) is 0.914. The van der Waals surface area contributed by atoms with E-state index in [-0.39, 0.29) is 23.6 Å². The van der Waals surface area contributed by atoms with Crippen molar-refractivity contribution in [3.63, 3.8) is 0 Å². The van der Waals surface area contributed by atoms with Crippen molar-refractivity contribution in [3.8, 4) is 0 Å². The Morgan fingerprint density at radius 1 is 1.22 bits per heavy atom. The Hall–Kier alpha value is -0.550. The van der Waals surface area contributed by atoms with Crippen molar-refractivity contribution in [2.45, 2.75) is 42.5 Å². The fourth-order valence-corrected chi connectivity index (χ4v) is 3.45. The van der Waals surface area contributed by atoms with Gasteiger partial charge in [-0.05, 0) is 19.1 Å². The van der Waals surface area contributed by atoms with Crippen LogP contribution in [0.25, 0.3) is 0 Å². The van der Waals surface area contributed by atoms with E-state index in [1.54, 1.807) is 18.9 Å². The molecule has 1 fully saturated rings. The summed E-state index contributed by atoms with van der Waals surface area (Å²) >= 11 is 1.68. The first-order chi connectivity index (χ1) is 8.63. The fourth-order valence-electron chi connectivity index (χ4n) is 2.27. The number of ether oxygens (including phenoxy) is 2. The zero-order chi connectivity index (χ0) is 13.1. The number of thioether (sulfide) groups is 1. The van der Waals surface area contributed by atoms with E-state index in [2.05, 4.69) is 19.1 Å². The molecular formula is C14H20O3S. The van der Waals surface area contributed by atoms with Gasteiger partial charge in [-0.1, -0.05) is 36.9 Å². The molecule has 0 saturated carbocycles. The van der Waals surface area contributed by atoms with Gasteiger partial charge in [0.2, 0.25) is 0 Å². The van der Waals surface area contributed by atoms with Crippen LogP contribution in [0.4, 0.5) is 0 Å². The lowest BCUT2D eigenvalue weighted by molar-refractivity contribution is -0.174. The first-order valence-corrected chi connectivity index (χ1v) is 7.09. The minimum Gasteiger partial charge on any atom is -0.388 e. The molecule has 1 aliphatic heterocycles. The second kappa shape index (κ2) is 6.06. The van der Waals surface area contributed by atoms with E-state index in [1.807, 2.05) is 25.1 Å². The largest absolute Gasteiger partial charge is 0.388 e. The number of aliphatic hydroxyl groups is 1. The molecule has 1 N–H and O–H groups in total. The van der Waals surface area contributed by atoms with E-state index in [1.165, 1.54) is 4.90 Å². The van der Waals surface area contributed by atoms with Crippen LogP contribution in [0.2, 0.25) is 0 Å². The molecule has 0 aliphatic carbocycles. The van der Waals surface area contributed by atoms with Gasteiger partial charge < -0.3 is 14.6 Å². The van der Waals surface area contributed by atoms with Crippen molar-refractivity contribution in [1.29, 1.82) is 0 Å². The third-order valence-electron chi connectivity index (χ3n) is 3.38. The molecule has 3 nitrogen and oxygen atoms in total. The summed E-state index contributed by atoms with van der Waals surface area (Å²) in [7, 11) is 1.65. The number of hydrogen-bond donors (Lipinski definition) is 1. The predicted octanol–water partition coefficient (Wildman–Crippen LogP) is 2.54. The highest BCUT2D eigenvalue weighted by Gasteiger charge is 2.41. The summed E-state index contributed by atoms with van der Waals surface area (Å²) in [6, 6.07) is 10.2. The molecule has 1 aromatic rings. The lowest BCUT2D eigenvalue weighted by Gasteiger charge is -2.41. The Bertz CT molecular complexity index is 371. The molecule has 0 bridgehead atoms. The molecule has 100 valence electrons. The normalized spacial score (nSPS) is 36.6. The molecular weight excluding hydrogens is 248 g/mol. The van der Waals surface area contributed by atoms with Crippen LogP contribution in [0, 0.1) is 5.92 Å². The lowest BCUT2D eigenvalue weighted by atomic mass is 9.94. The first-order valence-electron chi connectivity index (χ1n) is 6.21. The van der Waals surface area contributed by atoms with E-state index in [9.17, 15) is 5.11 Å². The summed E-state index contributed by atoms with van der Waals surface area (Å²) in [4.78, 5) is 1.17. The minimum absolute atomic E-state index is 0.00995. The summed E-state index contributed by atoms with van der Waals surface area (Å²) in [5.74, 6) is 0.145. The van der Waals surface area contributed by atoms with Gasteiger partial charge in [0, 0.05) is 17.9 Å². The van der Waals surface area contributed by atoms with Crippen molar-refractivity contribution < 1.29 is 14.6 Å². The van der Waals surface area contributed by atoms with E-state index in [0.717, 1.165) is 0 Å². The molecule has 1 aliphatic rings. The van der Waals surface area contributed by atoms with Gasteiger partial charge in [0.1, 0.15) is 11.5 Å². The molecule has 5 atom stereocenters. The number of hydrogen-bond acceptors (Lipinski definition) is 4. The third-order valence-corrected chi connectivity index (χ3v) is 4.70. The first kappa shape index (κ1) is 13.9. The minimum atomic E-state index is -0.558. The van der Waals surface area contributed by atoms with Crippen LogP contribution in [-0.2, 0) is 9.47 Å². The molecule has 0 aromatic heterocycles. The molecule has 1 saturated heterocycles. The average molecular weight is 268 g/mol. The standard InChI is InChI=1S/C14H20O3S/c1-9-13(16-3)12(15)10(2)17-14(9)18-11-7-5-4-6-8-11/h4-10,12-15H,1-3H3. The molecule has 0 amide bonds. The van der Waals surface area contributed by atoms with Gasteiger partial charge in [-0.15, -0.1) is 0 Å². The molecule has 4 heteroatoms. The topological polar surface area (TPSA) is 38.7 Å². The summed E-state index contributed by atoms with van der Waals surface area (Å²) in [5, 5.41) is 10.0. The van der Waals surface area contributed by atoms with Crippen LogP contribution in [-0.4, -0.2) is 36.0 Å². The molecule has 1 aromatic carbocycles. The number of rotatable bonds is 3. The van der Waals surface area contributed by atoms with Gasteiger partial charge in [-0.3, -0.25) is 0 Å². The molecule has 1 heterocycles. The van der Waals surface area contributed by atoms with Gasteiger partial charge in [-0.2, -0.15) is 0 Å². The van der Waals surface area contributed by atoms with E-state index in [4.69, 9.17) is 9.47 Å². The second-order valence-electron chi connectivity index (χ2n) is 4.69. The third kappa shape index (κ3) is 2.88.